The molecule has 168 valence electrons. The molecule has 0 radical (unpaired) electrons. The Hall–Kier alpha value is -3.39. The summed E-state index contributed by atoms with van der Waals surface area (Å²) in [6, 6.07) is 15.0. The van der Waals surface area contributed by atoms with Crippen molar-refractivity contribution in [3.05, 3.63) is 77.2 Å². The first-order valence-electron chi connectivity index (χ1n) is 10.8. The summed E-state index contributed by atoms with van der Waals surface area (Å²) in [5, 5.41) is 5.69. The Morgan fingerprint density at radius 3 is 2.41 bits per heavy atom. The van der Waals surface area contributed by atoms with Crippen LogP contribution in [0.4, 0.5) is 14.9 Å². The van der Waals surface area contributed by atoms with Crippen LogP contribution in [0.15, 0.2) is 65.9 Å². The van der Waals surface area contributed by atoms with Gasteiger partial charge in [0.1, 0.15) is 5.82 Å². The molecule has 1 unspecified atom stereocenters. The quantitative estimate of drug-likeness (QED) is 0.679. The summed E-state index contributed by atoms with van der Waals surface area (Å²) in [4.78, 5) is 29.7. The molecule has 2 aliphatic rings. The van der Waals surface area contributed by atoms with Crippen molar-refractivity contribution in [2.45, 2.75) is 13.0 Å². The van der Waals surface area contributed by atoms with E-state index in [-0.39, 0.29) is 18.5 Å². The normalized spacial score (nSPS) is 19.4. The Kier molecular flexibility index (Phi) is 6.70. The minimum atomic E-state index is -0.570. The lowest BCUT2D eigenvalue weighted by molar-refractivity contribution is -0.139. The van der Waals surface area contributed by atoms with E-state index in [2.05, 4.69) is 20.4 Å². The second-order valence-electron chi connectivity index (χ2n) is 7.79. The Balaban J connectivity index is 1.53. The van der Waals surface area contributed by atoms with Crippen LogP contribution in [0.5, 0.6) is 0 Å². The van der Waals surface area contributed by atoms with Gasteiger partial charge in [-0.15, -0.1) is 0 Å². The number of nitrogens with one attached hydrogen (secondary N) is 2. The number of amides is 2. The summed E-state index contributed by atoms with van der Waals surface area (Å²) >= 11 is 0. The Morgan fingerprint density at radius 1 is 1.06 bits per heavy atom. The Labute approximate surface area is 186 Å². The van der Waals surface area contributed by atoms with Crippen LogP contribution in [0.25, 0.3) is 0 Å². The highest BCUT2D eigenvalue weighted by Crippen LogP contribution is 2.28. The van der Waals surface area contributed by atoms with Crippen molar-refractivity contribution >= 4 is 17.7 Å². The van der Waals surface area contributed by atoms with Crippen molar-refractivity contribution in [2.75, 3.05) is 44.2 Å². The topological polar surface area (TPSA) is 73.9 Å². The molecule has 1 saturated heterocycles. The first-order valence-corrected chi connectivity index (χ1v) is 10.8. The number of halogens is 1. The smallest absolute Gasteiger partial charge is 0.338 e. The summed E-state index contributed by atoms with van der Waals surface area (Å²) in [5.41, 5.74) is 2.80. The monoisotopic (exact) mass is 438 g/mol. The number of esters is 1. The minimum Gasteiger partial charge on any atom is -0.463 e. The van der Waals surface area contributed by atoms with E-state index in [1.165, 1.54) is 12.1 Å². The van der Waals surface area contributed by atoms with Gasteiger partial charge in [-0.2, -0.15) is 0 Å². The first kappa shape index (κ1) is 21.8. The summed E-state index contributed by atoms with van der Waals surface area (Å²) < 4.78 is 18.5. The average molecular weight is 439 g/mol. The Morgan fingerprint density at radius 2 is 1.75 bits per heavy atom. The van der Waals surface area contributed by atoms with E-state index in [0.717, 1.165) is 37.4 Å². The zero-order chi connectivity index (χ0) is 22.5. The van der Waals surface area contributed by atoms with Gasteiger partial charge in [0.05, 0.1) is 18.2 Å². The second-order valence-corrected chi connectivity index (χ2v) is 7.79. The highest BCUT2D eigenvalue weighted by Gasteiger charge is 2.34. The first-order chi connectivity index (χ1) is 15.5. The van der Waals surface area contributed by atoms with E-state index in [1.54, 1.807) is 19.1 Å². The van der Waals surface area contributed by atoms with Gasteiger partial charge in [0.15, 0.2) is 0 Å². The van der Waals surface area contributed by atoms with Gasteiger partial charge in [0, 0.05) is 44.1 Å². The van der Waals surface area contributed by atoms with E-state index in [4.69, 9.17) is 4.74 Å². The molecule has 1 fully saturated rings. The number of hydrogen-bond donors (Lipinski definition) is 2. The van der Waals surface area contributed by atoms with Gasteiger partial charge in [0.2, 0.25) is 0 Å². The lowest BCUT2D eigenvalue weighted by Crippen LogP contribution is -2.51. The highest BCUT2D eigenvalue weighted by atomic mass is 19.1. The highest BCUT2D eigenvalue weighted by molar-refractivity contribution is 5.95. The van der Waals surface area contributed by atoms with Crippen LogP contribution in [-0.4, -0.2) is 56.2 Å². The van der Waals surface area contributed by atoms with E-state index in [0.29, 0.717) is 17.8 Å². The summed E-state index contributed by atoms with van der Waals surface area (Å²) in [7, 11) is 0. The fraction of sp³-hybridized carbons (Fsp3) is 0.333. The van der Waals surface area contributed by atoms with Crippen molar-refractivity contribution in [2.24, 2.45) is 0 Å². The molecular weight excluding hydrogens is 411 g/mol. The SMILES string of the molecule is CCOC(=O)C1=C(CN2CCN(c3ccc(F)cc3)CC2)NC(=O)NC1c1ccccc1. The van der Waals surface area contributed by atoms with Crippen molar-refractivity contribution < 1.29 is 18.7 Å². The zero-order valence-corrected chi connectivity index (χ0v) is 18.0. The number of carbonyl (C=O) groups excluding carboxylic acids is 2. The molecule has 2 N–H and O–H groups in total. The van der Waals surface area contributed by atoms with Crippen molar-refractivity contribution in [3.63, 3.8) is 0 Å². The van der Waals surface area contributed by atoms with Crippen LogP contribution in [-0.2, 0) is 9.53 Å². The van der Waals surface area contributed by atoms with Gasteiger partial charge in [-0.1, -0.05) is 30.3 Å². The van der Waals surface area contributed by atoms with Crippen LogP contribution in [0, 0.1) is 5.82 Å². The molecule has 4 rings (SSSR count). The number of anilines is 1. The molecule has 0 aromatic heterocycles. The van der Waals surface area contributed by atoms with Gasteiger partial charge in [-0.25, -0.2) is 14.0 Å². The summed E-state index contributed by atoms with van der Waals surface area (Å²) in [5.74, 6) is -0.686. The maximum atomic E-state index is 13.2. The maximum absolute atomic E-state index is 13.2. The van der Waals surface area contributed by atoms with E-state index < -0.39 is 12.0 Å². The molecule has 0 saturated carbocycles. The number of urea groups is 1. The number of hydrogen-bond acceptors (Lipinski definition) is 5. The van der Waals surface area contributed by atoms with Crippen LogP contribution < -0.4 is 15.5 Å². The molecule has 32 heavy (non-hydrogen) atoms. The van der Waals surface area contributed by atoms with Crippen molar-refractivity contribution in [3.8, 4) is 0 Å². The lowest BCUT2D eigenvalue weighted by Gasteiger charge is -2.38. The molecule has 2 aromatic carbocycles. The van der Waals surface area contributed by atoms with Crippen molar-refractivity contribution in [1.82, 2.24) is 15.5 Å². The van der Waals surface area contributed by atoms with Crippen LogP contribution in [0.2, 0.25) is 0 Å². The van der Waals surface area contributed by atoms with Gasteiger partial charge >= 0.3 is 12.0 Å². The third-order valence-corrected chi connectivity index (χ3v) is 5.73. The molecule has 7 nitrogen and oxygen atoms in total. The summed E-state index contributed by atoms with van der Waals surface area (Å²) in [6.07, 6.45) is 0. The molecule has 2 aliphatic heterocycles. The number of benzene rings is 2. The van der Waals surface area contributed by atoms with E-state index in [1.807, 2.05) is 30.3 Å². The molecule has 2 amide bonds. The van der Waals surface area contributed by atoms with Gasteiger partial charge < -0.3 is 20.3 Å². The molecular formula is C24H27FN4O3. The lowest BCUT2D eigenvalue weighted by atomic mass is 9.95. The molecule has 0 spiro atoms. The molecule has 0 aliphatic carbocycles. The van der Waals surface area contributed by atoms with E-state index >= 15 is 0 Å². The number of piperazine rings is 1. The fourth-order valence-electron chi connectivity index (χ4n) is 4.13. The predicted octanol–water partition coefficient (Wildman–Crippen LogP) is 2.82. The van der Waals surface area contributed by atoms with Gasteiger partial charge in [0.25, 0.3) is 0 Å². The third kappa shape index (κ3) is 4.91. The number of carbonyl (C=O) groups is 2. The molecule has 0 bridgehead atoms. The number of ether oxygens (including phenoxy) is 1. The zero-order valence-electron chi connectivity index (χ0n) is 18.0. The number of nitrogens with zero attached hydrogens (tertiary/aromatic N) is 2. The fourth-order valence-corrected chi connectivity index (χ4v) is 4.13. The minimum absolute atomic E-state index is 0.250. The van der Waals surface area contributed by atoms with Crippen LogP contribution in [0.1, 0.15) is 18.5 Å². The van der Waals surface area contributed by atoms with Crippen LogP contribution >= 0.6 is 0 Å². The Bertz CT molecular complexity index is 986. The molecule has 2 heterocycles. The largest absolute Gasteiger partial charge is 0.463 e. The predicted molar refractivity (Wildman–Crippen MR) is 120 cm³/mol. The van der Waals surface area contributed by atoms with Gasteiger partial charge in [-0.05, 0) is 36.8 Å². The standard InChI is InChI=1S/C24H27FN4O3/c1-2-32-23(30)21-20(26-24(31)27-22(21)17-6-4-3-5-7-17)16-28-12-14-29(15-13-28)19-10-8-18(25)9-11-19/h3-11,22H,2,12-16H2,1H3,(H2,26,27,31). The van der Waals surface area contributed by atoms with Gasteiger partial charge in [-0.3, -0.25) is 4.90 Å². The van der Waals surface area contributed by atoms with Crippen LogP contribution in [0.3, 0.4) is 0 Å². The third-order valence-electron chi connectivity index (χ3n) is 5.73. The molecule has 1 atom stereocenters. The van der Waals surface area contributed by atoms with Crippen molar-refractivity contribution in [1.29, 1.82) is 0 Å². The van der Waals surface area contributed by atoms with E-state index in [9.17, 15) is 14.0 Å². The molecule has 8 heteroatoms. The maximum Gasteiger partial charge on any atom is 0.338 e. The number of rotatable bonds is 6. The summed E-state index contributed by atoms with van der Waals surface area (Å²) in [6.45, 7) is 5.47. The second kappa shape index (κ2) is 9.82. The molecule has 2 aromatic rings. The average Bonchev–Trinajstić information content (AvgIpc) is 2.80.